The first-order valence-electron chi connectivity index (χ1n) is 6.68. The SMILES string of the molecule is CCC(CC)(CN)NS(=O)(=O)CCC1CCC1.Cl. The van der Waals surface area contributed by atoms with Crippen LogP contribution < -0.4 is 10.5 Å². The van der Waals surface area contributed by atoms with E-state index in [1.54, 1.807) is 0 Å². The third-order valence-electron chi connectivity index (χ3n) is 4.14. The molecule has 1 aliphatic rings. The molecule has 1 saturated carbocycles. The highest BCUT2D eigenvalue weighted by Gasteiger charge is 2.30. The molecule has 1 aliphatic carbocycles. The minimum atomic E-state index is -3.18. The summed E-state index contributed by atoms with van der Waals surface area (Å²) in [6, 6.07) is 0. The number of sulfonamides is 1. The average Bonchev–Trinajstić information content (AvgIpc) is 2.24. The van der Waals surface area contributed by atoms with Crippen LogP contribution in [0, 0.1) is 5.92 Å². The van der Waals surface area contributed by atoms with Crippen LogP contribution in [0.4, 0.5) is 0 Å². The first-order valence-corrected chi connectivity index (χ1v) is 8.34. The third-order valence-corrected chi connectivity index (χ3v) is 5.65. The van der Waals surface area contributed by atoms with Crippen LogP contribution in [0.3, 0.4) is 0 Å². The minimum Gasteiger partial charge on any atom is -0.329 e. The molecule has 0 unspecified atom stereocenters. The molecule has 0 bridgehead atoms. The van der Waals surface area contributed by atoms with Gasteiger partial charge in [-0.05, 0) is 25.2 Å². The molecule has 0 aliphatic heterocycles. The van der Waals surface area contributed by atoms with Crippen molar-refractivity contribution in [3.8, 4) is 0 Å². The summed E-state index contributed by atoms with van der Waals surface area (Å²) >= 11 is 0. The number of rotatable bonds is 8. The van der Waals surface area contributed by atoms with Crippen molar-refractivity contribution in [1.82, 2.24) is 4.72 Å². The van der Waals surface area contributed by atoms with Crippen LogP contribution in [0.5, 0.6) is 0 Å². The lowest BCUT2D eigenvalue weighted by Gasteiger charge is -2.32. The topological polar surface area (TPSA) is 72.2 Å². The summed E-state index contributed by atoms with van der Waals surface area (Å²) in [5, 5.41) is 0. The van der Waals surface area contributed by atoms with Crippen molar-refractivity contribution in [2.45, 2.75) is 57.9 Å². The Kier molecular flexibility index (Phi) is 7.75. The molecule has 0 aromatic carbocycles. The summed E-state index contributed by atoms with van der Waals surface area (Å²) in [5.41, 5.74) is 5.26. The summed E-state index contributed by atoms with van der Waals surface area (Å²) in [5.74, 6) is 0.876. The van der Waals surface area contributed by atoms with Gasteiger partial charge in [0.2, 0.25) is 10.0 Å². The molecule has 110 valence electrons. The highest BCUT2D eigenvalue weighted by Crippen LogP contribution is 2.29. The number of halogens is 1. The van der Waals surface area contributed by atoms with Crippen LogP contribution in [-0.2, 0) is 10.0 Å². The number of hydrogen-bond donors (Lipinski definition) is 2. The molecule has 0 amide bonds. The number of nitrogens with one attached hydrogen (secondary N) is 1. The molecule has 0 saturated heterocycles. The summed E-state index contributed by atoms with van der Waals surface area (Å²) < 4.78 is 26.8. The van der Waals surface area contributed by atoms with E-state index in [1.165, 1.54) is 19.3 Å². The van der Waals surface area contributed by atoms with Gasteiger partial charge >= 0.3 is 0 Å². The maximum atomic E-state index is 12.0. The highest BCUT2D eigenvalue weighted by molar-refractivity contribution is 7.89. The van der Waals surface area contributed by atoms with E-state index in [0.29, 0.717) is 12.5 Å². The van der Waals surface area contributed by atoms with Crippen molar-refractivity contribution in [1.29, 1.82) is 0 Å². The zero-order valence-electron chi connectivity index (χ0n) is 11.4. The van der Waals surface area contributed by atoms with Gasteiger partial charge in [-0.25, -0.2) is 13.1 Å². The van der Waals surface area contributed by atoms with E-state index in [9.17, 15) is 8.42 Å². The van der Waals surface area contributed by atoms with Gasteiger partial charge in [0.25, 0.3) is 0 Å². The summed E-state index contributed by atoms with van der Waals surface area (Å²) in [4.78, 5) is 0. The van der Waals surface area contributed by atoms with Gasteiger partial charge in [-0.1, -0.05) is 33.1 Å². The molecular weight excluding hydrogens is 272 g/mol. The predicted molar refractivity (Wildman–Crippen MR) is 78.5 cm³/mol. The number of nitrogens with two attached hydrogens (primary N) is 1. The Balaban J connectivity index is 0.00000289. The largest absolute Gasteiger partial charge is 0.329 e. The fraction of sp³-hybridized carbons (Fsp3) is 1.00. The molecule has 0 atom stereocenters. The maximum Gasteiger partial charge on any atom is 0.212 e. The van der Waals surface area contributed by atoms with Crippen LogP contribution in [0.1, 0.15) is 52.4 Å². The minimum absolute atomic E-state index is 0. The molecule has 1 rings (SSSR count). The Morgan fingerprint density at radius 3 is 2.17 bits per heavy atom. The normalized spacial score (nSPS) is 17.1. The first-order chi connectivity index (χ1) is 7.97. The molecular formula is C12H27ClN2O2S. The standard InChI is InChI=1S/C12H26N2O2S.ClH/c1-3-12(4-2,10-13)14-17(15,16)9-8-11-6-5-7-11;/h11,14H,3-10,13H2,1-2H3;1H. The van der Waals surface area contributed by atoms with Crippen molar-refractivity contribution < 1.29 is 8.42 Å². The van der Waals surface area contributed by atoms with Gasteiger partial charge in [0, 0.05) is 12.1 Å². The second-order valence-electron chi connectivity index (χ2n) is 5.20. The quantitative estimate of drug-likeness (QED) is 0.720. The number of hydrogen-bond acceptors (Lipinski definition) is 3. The van der Waals surface area contributed by atoms with Crippen molar-refractivity contribution in [2.75, 3.05) is 12.3 Å². The van der Waals surface area contributed by atoms with Gasteiger partial charge in [0.15, 0.2) is 0 Å². The van der Waals surface area contributed by atoms with E-state index in [0.717, 1.165) is 19.3 Å². The van der Waals surface area contributed by atoms with Gasteiger partial charge in [-0.2, -0.15) is 0 Å². The van der Waals surface area contributed by atoms with E-state index in [-0.39, 0.29) is 18.2 Å². The molecule has 0 aromatic rings. The fourth-order valence-corrected chi connectivity index (χ4v) is 3.99. The highest BCUT2D eigenvalue weighted by atomic mass is 35.5. The molecule has 18 heavy (non-hydrogen) atoms. The second-order valence-corrected chi connectivity index (χ2v) is 7.04. The van der Waals surface area contributed by atoms with E-state index < -0.39 is 15.6 Å². The van der Waals surface area contributed by atoms with Gasteiger partial charge < -0.3 is 5.73 Å². The maximum absolute atomic E-state index is 12.0. The second kappa shape index (κ2) is 7.68. The van der Waals surface area contributed by atoms with Gasteiger partial charge in [-0.3, -0.25) is 0 Å². The smallest absolute Gasteiger partial charge is 0.212 e. The van der Waals surface area contributed by atoms with Crippen LogP contribution in [0.2, 0.25) is 0 Å². The van der Waals surface area contributed by atoms with Crippen LogP contribution in [-0.4, -0.2) is 26.3 Å². The average molecular weight is 299 g/mol. The molecule has 0 aromatic heterocycles. The fourth-order valence-electron chi connectivity index (χ4n) is 2.21. The van der Waals surface area contributed by atoms with Crippen LogP contribution >= 0.6 is 12.4 Å². The molecule has 4 nitrogen and oxygen atoms in total. The molecule has 6 heteroatoms. The van der Waals surface area contributed by atoms with Gasteiger partial charge in [-0.15, -0.1) is 12.4 Å². The monoisotopic (exact) mass is 298 g/mol. The van der Waals surface area contributed by atoms with Crippen LogP contribution in [0.15, 0.2) is 0 Å². The van der Waals surface area contributed by atoms with E-state index in [1.807, 2.05) is 13.8 Å². The third kappa shape index (κ3) is 5.03. The zero-order valence-corrected chi connectivity index (χ0v) is 13.1. The predicted octanol–water partition coefficient (Wildman–Crippen LogP) is 2.04. The Labute approximate surface area is 118 Å². The van der Waals surface area contributed by atoms with Crippen LogP contribution in [0.25, 0.3) is 0 Å². The lowest BCUT2D eigenvalue weighted by atomic mass is 9.84. The Morgan fingerprint density at radius 1 is 1.28 bits per heavy atom. The summed E-state index contributed by atoms with van der Waals surface area (Å²) in [6.07, 6.45) is 5.92. The van der Waals surface area contributed by atoms with E-state index in [2.05, 4.69) is 4.72 Å². The van der Waals surface area contributed by atoms with Crippen molar-refractivity contribution in [2.24, 2.45) is 11.7 Å². The molecule has 0 radical (unpaired) electrons. The van der Waals surface area contributed by atoms with Crippen molar-refractivity contribution >= 4 is 22.4 Å². The van der Waals surface area contributed by atoms with E-state index >= 15 is 0 Å². The van der Waals surface area contributed by atoms with Gasteiger partial charge in [0.1, 0.15) is 0 Å². The molecule has 0 heterocycles. The molecule has 0 spiro atoms. The Bertz CT molecular complexity index is 317. The first kappa shape index (κ1) is 18.2. The van der Waals surface area contributed by atoms with Crippen molar-refractivity contribution in [3.63, 3.8) is 0 Å². The van der Waals surface area contributed by atoms with Crippen molar-refractivity contribution in [3.05, 3.63) is 0 Å². The zero-order chi connectivity index (χ0) is 12.9. The molecule has 3 N–H and O–H groups in total. The van der Waals surface area contributed by atoms with E-state index in [4.69, 9.17) is 5.73 Å². The molecule has 1 fully saturated rings. The summed E-state index contributed by atoms with van der Waals surface area (Å²) in [6.45, 7) is 4.32. The lowest BCUT2D eigenvalue weighted by Crippen LogP contribution is -2.53. The Hall–Kier alpha value is 0.160. The lowest BCUT2D eigenvalue weighted by molar-refractivity contribution is 0.305. The Morgan fingerprint density at radius 2 is 1.83 bits per heavy atom. The summed E-state index contributed by atoms with van der Waals surface area (Å²) in [7, 11) is -3.18. The van der Waals surface area contributed by atoms with Gasteiger partial charge in [0.05, 0.1) is 5.75 Å².